The number of aromatic nitrogens is 2. The van der Waals surface area contributed by atoms with Crippen LogP contribution in [0.1, 0.15) is 25.1 Å². The highest BCUT2D eigenvalue weighted by molar-refractivity contribution is 5.80. The molecule has 5 heteroatoms. The van der Waals surface area contributed by atoms with Gasteiger partial charge < -0.3 is 15.2 Å². The maximum absolute atomic E-state index is 12.5. The minimum absolute atomic E-state index is 0.0143. The summed E-state index contributed by atoms with van der Waals surface area (Å²) in [5.74, 6) is 1.02. The summed E-state index contributed by atoms with van der Waals surface area (Å²) >= 11 is 0. The topological polar surface area (TPSA) is 64.2 Å². The lowest BCUT2D eigenvalue weighted by atomic mass is 10.0. The van der Waals surface area contributed by atoms with Gasteiger partial charge in [-0.25, -0.2) is 4.98 Å². The van der Waals surface area contributed by atoms with E-state index >= 15 is 0 Å². The summed E-state index contributed by atoms with van der Waals surface area (Å²) in [5.41, 5.74) is 8.09. The number of imidazole rings is 1. The number of nitrogens with two attached hydrogens (primary N) is 1. The number of amides is 1. The van der Waals surface area contributed by atoms with Crippen LogP contribution in [0.2, 0.25) is 0 Å². The van der Waals surface area contributed by atoms with Crippen molar-refractivity contribution in [3.63, 3.8) is 0 Å². The standard InChI is InChI=1S/C16H22N4O/c1-19(16(21)11-6-5-7-12(11)17)10-15-18-13-8-3-4-9-14(13)20(15)2/h3-4,8-9,11-12H,5-7,10,17H2,1-2H3/t11-,12-/m1/s1. The molecule has 0 bridgehead atoms. The van der Waals surface area contributed by atoms with Crippen molar-refractivity contribution in [2.75, 3.05) is 7.05 Å². The maximum Gasteiger partial charge on any atom is 0.227 e. The summed E-state index contributed by atoms with van der Waals surface area (Å²) in [6, 6.07) is 8.03. The van der Waals surface area contributed by atoms with Crippen LogP contribution in [0.5, 0.6) is 0 Å². The van der Waals surface area contributed by atoms with Crippen molar-refractivity contribution in [1.82, 2.24) is 14.5 Å². The third-order valence-corrected chi connectivity index (χ3v) is 4.52. The van der Waals surface area contributed by atoms with Gasteiger partial charge in [0.1, 0.15) is 5.82 Å². The van der Waals surface area contributed by atoms with Crippen LogP contribution in [0.4, 0.5) is 0 Å². The fraction of sp³-hybridized carbons (Fsp3) is 0.500. The molecule has 2 N–H and O–H groups in total. The Hall–Kier alpha value is -1.88. The van der Waals surface area contributed by atoms with E-state index in [0.717, 1.165) is 36.1 Å². The van der Waals surface area contributed by atoms with Crippen molar-refractivity contribution in [2.24, 2.45) is 18.7 Å². The molecule has 1 fully saturated rings. The van der Waals surface area contributed by atoms with Crippen LogP contribution in [-0.2, 0) is 18.4 Å². The molecule has 112 valence electrons. The number of carbonyl (C=O) groups is 1. The van der Waals surface area contributed by atoms with E-state index < -0.39 is 0 Å². The quantitative estimate of drug-likeness (QED) is 0.933. The smallest absolute Gasteiger partial charge is 0.227 e. The molecule has 0 saturated heterocycles. The molecule has 1 aliphatic rings. The van der Waals surface area contributed by atoms with Gasteiger partial charge in [0.05, 0.1) is 23.5 Å². The highest BCUT2D eigenvalue weighted by Crippen LogP contribution is 2.26. The van der Waals surface area contributed by atoms with Gasteiger partial charge in [0, 0.05) is 20.1 Å². The van der Waals surface area contributed by atoms with E-state index in [1.165, 1.54) is 0 Å². The predicted molar refractivity (Wildman–Crippen MR) is 82.5 cm³/mol. The Kier molecular flexibility index (Phi) is 3.68. The lowest BCUT2D eigenvalue weighted by Crippen LogP contribution is -2.39. The zero-order valence-electron chi connectivity index (χ0n) is 12.6. The molecule has 0 aliphatic heterocycles. The molecule has 1 amide bonds. The lowest BCUT2D eigenvalue weighted by molar-refractivity contribution is -0.135. The molecule has 0 spiro atoms. The predicted octanol–water partition coefficient (Wildman–Crippen LogP) is 1.66. The molecular weight excluding hydrogens is 264 g/mol. The highest BCUT2D eigenvalue weighted by atomic mass is 16.2. The third-order valence-electron chi connectivity index (χ3n) is 4.52. The first kappa shape index (κ1) is 14.1. The second-order valence-electron chi connectivity index (χ2n) is 5.97. The molecule has 1 heterocycles. The fourth-order valence-electron chi connectivity index (χ4n) is 3.21. The van der Waals surface area contributed by atoms with E-state index in [0.29, 0.717) is 6.54 Å². The van der Waals surface area contributed by atoms with Crippen molar-refractivity contribution in [3.05, 3.63) is 30.1 Å². The summed E-state index contributed by atoms with van der Waals surface area (Å²) in [4.78, 5) is 18.9. The zero-order chi connectivity index (χ0) is 15.0. The number of hydrogen-bond acceptors (Lipinski definition) is 3. The number of rotatable bonds is 3. The van der Waals surface area contributed by atoms with Crippen LogP contribution >= 0.6 is 0 Å². The number of fused-ring (bicyclic) bond motifs is 1. The van der Waals surface area contributed by atoms with Gasteiger partial charge in [-0.2, -0.15) is 0 Å². The van der Waals surface area contributed by atoms with E-state index in [2.05, 4.69) is 4.98 Å². The molecule has 21 heavy (non-hydrogen) atoms. The van der Waals surface area contributed by atoms with Crippen LogP contribution in [0.15, 0.2) is 24.3 Å². The Balaban J connectivity index is 1.78. The van der Waals surface area contributed by atoms with E-state index in [9.17, 15) is 4.79 Å². The summed E-state index contributed by atoms with van der Waals surface area (Å²) in [7, 11) is 3.83. The Morgan fingerprint density at radius 1 is 1.43 bits per heavy atom. The number of para-hydroxylation sites is 2. The SMILES string of the molecule is CN(Cc1nc2ccccc2n1C)C(=O)[C@@H]1CCC[C@H]1N. The third kappa shape index (κ3) is 2.53. The minimum atomic E-state index is -0.0234. The number of hydrogen-bond donors (Lipinski definition) is 1. The number of benzene rings is 1. The van der Waals surface area contributed by atoms with Gasteiger partial charge in [0.25, 0.3) is 0 Å². The average Bonchev–Trinajstić information content (AvgIpc) is 3.03. The zero-order valence-corrected chi connectivity index (χ0v) is 12.6. The molecule has 1 aliphatic carbocycles. The second-order valence-corrected chi connectivity index (χ2v) is 5.97. The fourth-order valence-corrected chi connectivity index (χ4v) is 3.21. The first-order chi connectivity index (χ1) is 10.1. The average molecular weight is 286 g/mol. The van der Waals surface area contributed by atoms with Crippen LogP contribution in [0.25, 0.3) is 11.0 Å². The highest BCUT2D eigenvalue weighted by Gasteiger charge is 2.32. The molecule has 5 nitrogen and oxygen atoms in total. The van der Waals surface area contributed by atoms with Crippen LogP contribution in [0.3, 0.4) is 0 Å². The molecule has 2 atom stereocenters. The minimum Gasteiger partial charge on any atom is -0.338 e. The van der Waals surface area contributed by atoms with Gasteiger partial charge in [0.15, 0.2) is 0 Å². The molecule has 1 aromatic heterocycles. The van der Waals surface area contributed by atoms with Gasteiger partial charge in [-0.15, -0.1) is 0 Å². The summed E-state index contributed by atoms with van der Waals surface area (Å²) in [6.07, 6.45) is 2.92. The van der Waals surface area contributed by atoms with E-state index in [4.69, 9.17) is 5.73 Å². The Bertz CT molecular complexity index is 663. The van der Waals surface area contributed by atoms with Crippen molar-refractivity contribution < 1.29 is 4.79 Å². The maximum atomic E-state index is 12.5. The van der Waals surface area contributed by atoms with Crippen molar-refractivity contribution >= 4 is 16.9 Å². The van der Waals surface area contributed by atoms with Crippen LogP contribution < -0.4 is 5.73 Å². The molecule has 0 unspecified atom stereocenters. The van der Waals surface area contributed by atoms with Crippen LogP contribution in [-0.4, -0.2) is 33.4 Å². The van der Waals surface area contributed by atoms with Gasteiger partial charge in [-0.3, -0.25) is 4.79 Å². The Morgan fingerprint density at radius 2 is 2.19 bits per heavy atom. The Labute approximate surface area is 124 Å². The monoisotopic (exact) mass is 286 g/mol. The number of aryl methyl sites for hydroxylation is 1. The molecule has 3 rings (SSSR count). The summed E-state index contributed by atoms with van der Waals surface area (Å²) in [5, 5.41) is 0. The van der Waals surface area contributed by atoms with Crippen molar-refractivity contribution in [2.45, 2.75) is 31.8 Å². The first-order valence-electron chi connectivity index (χ1n) is 7.49. The normalized spacial score (nSPS) is 21.9. The number of nitrogens with zero attached hydrogens (tertiary/aromatic N) is 3. The number of carbonyl (C=O) groups excluding carboxylic acids is 1. The van der Waals surface area contributed by atoms with Gasteiger partial charge in [-0.1, -0.05) is 18.6 Å². The van der Waals surface area contributed by atoms with Gasteiger partial charge >= 0.3 is 0 Å². The molecule has 0 radical (unpaired) electrons. The lowest BCUT2D eigenvalue weighted by Gasteiger charge is -2.23. The second kappa shape index (κ2) is 5.48. The summed E-state index contributed by atoms with van der Waals surface area (Å²) in [6.45, 7) is 0.521. The van der Waals surface area contributed by atoms with Gasteiger partial charge in [0.2, 0.25) is 5.91 Å². The van der Waals surface area contributed by atoms with Crippen molar-refractivity contribution in [3.8, 4) is 0 Å². The largest absolute Gasteiger partial charge is 0.338 e. The van der Waals surface area contributed by atoms with Crippen LogP contribution in [0, 0.1) is 5.92 Å². The van der Waals surface area contributed by atoms with E-state index in [1.54, 1.807) is 4.90 Å². The van der Waals surface area contributed by atoms with Gasteiger partial charge in [-0.05, 0) is 25.0 Å². The molecule has 2 aromatic rings. The Morgan fingerprint density at radius 3 is 2.86 bits per heavy atom. The molecule has 1 saturated carbocycles. The van der Waals surface area contributed by atoms with E-state index in [1.807, 2.05) is 42.9 Å². The molecular formula is C16H22N4O. The molecule has 1 aromatic carbocycles. The summed E-state index contributed by atoms with van der Waals surface area (Å²) < 4.78 is 2.05. The first-order valence-corrected chi connectivity index (χ1v) is 7.49. The van der Waals surface area contributed by atoms with Crippen molar-refractivity contribution in [1.29, 1.82) is 0 Å². The van der Waals surface area contributed by atoms with E-state index in [-0.39, 0.29) is 17.9 Å².